The molecular weight excluding hydrogens is 278 g/mol. The standard InChI is InChI=1S/C17H23N3O2/c1-10-4-5-13-8-20(9-14(13)6-10)16(21)7-15-11(2)18-12(3)19-17(15)22/h4,13-14H,5-9H2,1-3H3,(H,18,19,22)/t13-,14+/m0/s1. The van der Waals surface area contributed by atoms with E-state index >= 15 is 0 Å². The molecule has 1 aliphatic carbocycles. The van der Waals surface area contributed by atoms with Gasteiger partial charge in [0.15, 0.2) is 0 Å². The number of amides is 1. The molecule has 0 aromatic carbocycles. The zero-order valence-electron chi connectivity index (χ0n) is 13.5. The Bertz CT molecular complexity index is 690. The van der Waals surface area contributed by atoms with Crippen molar-refractivity contribution in [1.29, 1.82) is 0 Å². The van der Waals surface area contributed by atoms with E-state index in [4.69, 9.17) is 0 Å². The Hall–Kier alpha value is -1.91. The van der Waals surface area contributed by atoms with Crippen molar-refractivity contribution in [2.24, 2.45) is 11.8 Å². The number of carbonyl (C=O) groups excluding carboxylic acids is 1. The Morgan fingerprint density at radius 2 is 2.05 bits per heavy atom. The highest BCUT2D eigenvalue weighted by molar-refractivity contribution is 5.79. The molecule has 1 aliphatic heterocycles. The number of aromatic nitrogens is 2. The lowest BCUT2D eigenvalue weighted by atomic mass is 9.83. The van der Waals surface area contributed by atoms with Gasteiger partial charge in [-0.2, -0.15) is 0 Å². The van der Waals surface area contributed by atoms with E-state index in [0.29, 0.717) is 28.9 Å². The second-order valence-corrected chi connectivity index (χ2v) is 6.70. The number of hydrogen-bond donors (Lipinski definition) is 1. The van der Waals surface area contributed by atoms with Gasteiger partial charge in [0.25, 0.3) is 5.56 Å². The number of fused-ring (bicyclic) bond motifs is 1. The molecule has 2 heterocycles. The molecule has 1 aromatic heterocycles. The van der Waals surface area contributed by atoms with E-state index in [-0.39, 0.29) is 17.9 Å². The van der Waals surface area contributed by atoms with Crippen LogP contribution in [0.2, 0.25) is 0 Å². The first-order valence-electron chi connectivity index (χ1n) is 7.94. The number of aromatic amines is 1. The molecule has 1 amide bonds. The number of allylic oxidation sites excluding steroid dienone is 2. The van der Waals surface area contributed by atoms with E-state index in [1.165, 1.54) is 5.57 Å². The minimum absolute atomic E-state index is 0.0475. The van der Waals surface area contributed by atoms with Crippen molar-refractivity contribution < 1.29 is 4.79 Å². The van der Waals surface area contributed by atoms with Crippen LogP contribution in [0.5, 0.6) is 0 Å². The van der Waals surface area contributed by atoms with Crippen molar-refractivity contribution in [1.82, 2.24) is 14.9 Å². The van der Waals surface area contributed by atoms with Crippen LogP contribution in [0.4, 0.5) is 0 Å². The summed E-state index contributed by atoms with van der Waals surface area (Å²) >= 11 is 0. The Morgan fingerprint density at radius 3 is 2.77 bits per heavy atom. The number of likely N-dealkylation sites (tertiary alicyclic amines) is 1. The Morgan fingerprint density at radius 1 is 1.32 bits per heavy atom. The van der Waals surface area contributed by atoms with Gasteiger partial charge in [-0.15, -0.1) is 0 Å². The molecule has 0 saturated carbocycles. The van der Waals surface area contributed by atoms with Crippen molar-refractivity contribution in [3.05, 3.63) is 39.1 Å². The third-order valence-electron chi connectivity index (χ3n) is 4.95. The Labute approximate surface area is 130 Å². The zero-order valence-corrected chi connectivity index (χ0v) is 13.5. The highest BCUT2D eigenvalue weighted by Crippen LogP contribution is 2.35. The van der Waals surface area contributed by atoms with Gasteiger partial charge in [-0.1, -0.05) is 11.6 Å². The van der Waals surface area contributed by atoms with Crippen LogP contribution in [0.15, 0.2) is 16.4 Å². The predicted molar refractivity (Wildman–Crippen MR) is 84.6 cm³/mol. The van der Waals surface area contributed by atoms with E-state index in [0.717, 1.165) is 25.9 Å². The van der Waals surface area contributed by atoms with Crippen molar-refractivity contribution in [2.75, 3.05) is 13.1 Å². The number of H-pyrrole nitrogens is 1. The normalized spacial score (nSPS) is 24.1. The fourth-order valence-electron chi connectivity index (χ4n) is 3.71. The largest absolute Gasteiger partial charge is 0.342 e. The van der Waals surface area contributed by atoms with E-state index in [2.05, 4.69) is 23.0 Å². The van der Waals surface area contributed by atoms with Crippen LogP contribution in [0.25, 0.3) is 0 Å². The molecule has 0 bridgehead atoms. The third kappa shape index (κ3) is 2.85. The number of aryl methyl sites for hydroxylation is 2. The minimum atomic E-state index is -0.188. The molecule has 2 atom stereocenters. The molecule has 5 nitrogen and oxygen atoms in total. The van der Waals surface area contributed by atoms with Gasteiger partial charge in [-0.3, -0.25) is 9.59 Å². The third-order valence-corrected chi connectivity index (χ3v) is 4.95. The number of hydrogen-bond acceptors (Lipinski definition) is 3. The summed E-state index contributed by atoms with van der Waals surface area (Å²) in [5, 5.41) is 0. The maximum atomic E-state index is 12.6. The van der Waals surface area contributed by atoms with Gasteiger partial charge in [0, 0.05) is 24.3 Å². The van der Waals surface area contributed by atoms with Gasteiger partial charge in [-0.25, -0.2) is 4.98 Å². The average molecular weight is 301 g/mol. The lowest BCUT2D eigenvalue weighted by Crippen LogP contribution is -2.33. The number of nitrogens with one attached hydrogen (secondary N) is 1. The van der Waals surface area contributed by atoms with Crippen LogP contribution < -0.4 is 5.56 Å². The molecule has 3 rings (SSSR count). The first-order valence-corrected chi connectivity index (χ1v) is 7.94. The summed E-state index contributed by atoms with van der Waals surface area (Å²) < 4.78 is 0. The van der Waals surface area contributed by atoms with Crippen molar-refractivity contribution in [3.63, 3.8) is 0 Å². The molecule has 1 N–H and O–H groups in total. The molecule has 5 heteroatoms. The Kier molecular flexibility index (Phi) is 3.89. The average Bonchev–Trinajstić information content (AvgIpc) is 2.85. The molecule has 1 aromatic rings. The molecule has 22 heavy (non-hydrogen) atoms. The van der Waals surface area contributed by atoms with Crippen LogP contribution in [-0.2, 0) is 11.2 Å². The summed E-state index contributed by atoms with van der Waals surface area (Å²) in [4.78, 5) is 33.5. The number of carbonyl (C=O) groups is 1. The fraction of sp³-hybridized carbons (Fsp3) is 0.588. The van der Waals surface area contributed by atoms with Crippen LogP contribution in [-0.4, -0.2) is 33.9 Å². The summed E-state index contributed by atoms with van der Waals surface area (Å²) in [6.07, 6.45) is 4.63. The van der Waals surface area contributed by atoms with Gasteiger partial charge in [-0.05, 0) is 45.4 Å². The van der Waals surface area contributed by atoms with Gasteiger partial charge in [0.1, 0.15) is 5.82 Å². The molecule has 0 unspecified atom stereocenters. The SMILES string of the molecule is CC1=CC[C@H]2CN(C(=O)Cc3c(C)nc(C)[nH]c3=O)C[C@H]2C1. The quantitative estimate of drug-likeness (QED) is 0.846. The predicted octanol–water partition coefficient (Wildman–Crippen LogP) is 1.74. The Balaban J connectivity index is 1.71. The van der Waals surface area contributed by atoms with Crippen molar-refractivity contribution >= 4 is 5.91 Å². The monoisotopic (exact) mass is 301 g/mol. The van der Waals surface area contributed by atoms with Crippen LogP contribution in [0.1, 0.15) is 36.8 Å². The van der Waals surface area contributed by atoms with Crippen molar-refractivity contribution in [2.45, 2.75) is 40.0 Å². The van der Waals surface area contributed by atoms with E-state index in [1.807, 2.05) is 4.90 Å². The van der Waals surface area contributed by atoms with Crippen LogP contribution in [0.3, 0.4) is 0 Å². The fourth-order valence-corrected chi connectivity index (χ4v) is 3.71. The number of nitrogens with zero attached hydrogens (tertiary/aromatic N) is 2. The van der Waals surface area contributed by atoms with Gasteiger partial charge >= 0.3 is 0 Å². The highest BCUT2D eigenvalue weighted by atomic mass is 16.2. The molecule has 0 radical (unpaired) electrons. The summed E-state index contributed by atoms with van der Waals surface area (Å²) in [6.45, 7) is 7.36. The van der Waals surface area contributed by atoms with E-state index in [1.54, 1.807) is 13.8 Å². The van der Waals surface area contributed by atoms with Gasteiger partial charge < -0.3 is 9.88 Å². The zero-order chi connectivity index (χ0) is 15.9. The van der Waals surface area contributed by atoms with E-state index in [9.17, 15) is 9.59 Å². The summed E-state index contributed by atoms with van der Waals surface area (Å²) in [5.41, 5.74) is 2.40. The first-order chi connectivity index (χ1) is 10.4. The lowest BCUT2D eigenvalue weighted by Gasteiger charge is -2.21. The second kappa shape index (κ2) is 5.71. The molecular formula is C17H23N3O2. The molecule has 1 saturated heterocycles. The lowest BCUT2D eigenvalue weighted by molar-refractivity contribution is -0.129. The maximum absolute atomic E-state index is 12.6. The molecule has 118 valence electrons. The van der Waals surface area contributed by atoms with Crippen LogP contribution >= 0.6 is 0 Å². The van der Waals surface area contributed by atoms with Gasteiger partial charge in [0.2, 0.25) is 5.91 Å². The summed E-state index contributed by atoms with van der Waals surface area (Å²) in [5.74, 6) is 1.81. The maximum Gasteiger partial charge on any atom is 0.254 e. The molecule has 2 aliphatic rings. The summed E-state index contributed by atoms with van der Waals surface area (Å²) in [7, 11) is 0. The molecule has 0 spiro atoms. The smallest absolute Gasteiger partial charge is 0.254 e. The molecule has 1 fully saturated rings. The van der Waals surface area contributed by atoms with Crippen molar-refractivity contribution in [3.8, 4) is 0 Å². The van der Waals surface area contributed by atoms with E-state index < -0.39 is 0 Å². The topological polar surface area (TPSA) is 66.1 Å². The first kappa shape index (κ1) is 15.0. The highest BCUT2D eigenvalue weighted by Gasteiger charge is 2.36. The van der Waals surface area contributed by atoms with Crippen LogP contribution in [0, 0.1) is 25.7 Å². The second-order valence-electron chi connectivity index (χ2n) is 6.70. The van der Waals surface area contributed by atoms with Gasteiger partial charge in [0.05, 0.1) is 6.42 Å². The minimum Gasteiger partial charge on any atom is -0.342 e. The number of rotatable bonds is 2. The summed E-state index contributed by atoms with van der Waals surface area (Å²) in [6, 6.07) is 0.